The Bertz CT molecular complexity index is 445. The molecule has 1 aromatic carbocycles. The molecule has 1 N–H and O–H groups in total. The van der Waals surface area contributed by atoms with Gasteiger partial charge in [-0.3, -0.25) is 4.79 Å². The molecule has 1 aromatic rings. The molecule has 0 amide bonds. The molecule has 0 saturated carbocycles. The van der Waals surface area contributed by atoms with Crippen LogP contribution in [0.2, 0.25) is 0 Å². The van der Waals surface area contributed by atoms with Crippen LogP contribution in [0.4, 0.5) is 0 Å². The van der Waals surface area contributed by atoms with Crippen LogP contribution < -0.4 is 10.1 Å². The third-order valence-corrected chi connectivity index (χ3v) is 3.00. The zero-order valence-electron chi connectivity index (χ0n) is 12.8. The van der Waals surface area contributed by atoms with Crippen LogP contribution in [0.1, 0.15) is 50.5 Å². The first-order chi connectivity index (χ1) is 8.75. The van der Waals surface area contributed by atoms with Crippen LogP contribution in [0, 0.1) is 0 Å². The van der Waals surface area contributed by atoms with E-state index in [1.54, 1.807) is 7.11 Å². The molecule has 0 saturated heterocycles. The fourth-order valence-electron chi connectivity index (χ4n) is 1.87. The summed E-state index contributed by atoms with van der Waals surface area (Å²) < 4.78 is 5.38. The summed E-state index contributed by atoms with van der Waals surface area (Å²) in [5.74, 6) is 0.947. The number of carbonyl (C=O) groups is 1. The van der Waals surface area contributed by atoms with E-state index in [1.807, 2.05) is 32.0 Å². The summed E-state index contributed by atoms with van der Waals surface area (Å²) in [6.45, 7) is 10.8. The number of hydrogen-bond donors (Lipinski definition) is 1. The van der Waals surface area contributed by atoms with Gasteiger partial charge in [0.1, 0.15) is 5.75 Å². The Balaban J connectivity index is 3.01. The summed E-state index contributed by atoms with van der Waals surface area (Å²) in [5.41, 5.74) is 1.75. The highest BCUT2D eigenvalue weighted by Crippen LogP contribution is 2.32. The van der Waals surface area contributed by atoms with Gasteiger partial charge in [-0.05, 0) is 23.6 Å². The second-order valence-electron chi connectivity index (χ2n) is 6.12. The van der Waals surface area contributed by atoms with Crippen LogP contribution in [-0.2, 0) is 5.41 Å². The lowest BCUT2D eigenvalue weighted by Crippen LogP contribution is -2.29. The Morgan fingerprint density at radius 2 is 1.95 bits per heavy atom. The van der Waals surface area contributed by atoms with Gasteiger partial charge in [0.05, 0.1) is 13.7 Å². The van der Waals surface area contributed by atoms with Crippen molar-refractivity contribution < 1.29 is 9.53 Å². The molecule has 0 aliphatic rings. The van der Waals surface area contributed by atoms with Gasteiger partial charge < -0.3 is 10.1 Å². The Morgan fingerprint density at radius 3 is 2.42 bits per heavy atom. The van der Waals surface area contributed by atoms with Crippen LogP contribution in [0.25, 0.3) is 0 Å². The van der Waals surface area contributed by atoms with Gasteiger partial charge in [0.15, 0.2) is 5.78 Å². The van der Waals surface area contributed by atoms with Gasteiger partial charge in [-0.1, -0.05) is 34.6 Å². The van der Waals surface area contributed by atoms with E-state index in [-0.39, 0.29) is 11.2 Å². The molecule has 0 aromatic heterocycles. The predicted molar refractivity (Wildman–Crippen MR) is 79.2 cm³/mol. The van der Waals surface area contributed by atoms with E-state index in [2.05, 4.69) is 26.1 Å². The molecule has 0 aliphatic heterocycles. The van der Waals surface area contributed by atoms with Crippen molar-refractivity contribution in [2.75, 3.05) is 13.7 Å². The van der Waals surface area contributed by atoms with Crippen molar-refractivity contribution in [3.05, 3.63) is 29.3 Å². The van der Waals surface area contributed by atoms with Crippen molar-refractivity contribution in [3.8, 4) is 5.75 Å². The normalized spacial score (nSPS) is 11.7. The van der Waals surface area contributed by atoms with E-state index in [0.717, 1.165) is 16.9 Å². The molecule has 0 unspecified atom stereocenters. The van der Waals surface area contributed by atoms with Gasteiger partial charge in [-0.15, -0.1) is 0 Å². The number of hydrogen-bond acceptors (Lipinski definition) is 3. The maximum Gasteiger partial charge on any atom is 0.176 e. The molecule has 0 fully saturated rings. The highest BCUT2D eigenvalue weighted by atomic mass is 16.5. The number of benzene rings is 1. The lowest BCUT2D eigenvalue weighted by atomic mass is 9.85. The van der Waals surface area contributed by atoms with Crippen molar-refractivity contribution >= 4 is 5.78 Å². The van der Waals surface area contributed by atoms with E-state index in [0.29, 0.717) is 12.6 Å². The molecule has 0 bridgehead atoms. The van der Waals surface area contributed by atoms with Gasteiger partial charge in [0, 0.05) is 17.2 Å². The van der Waals surface area contributed by atoms with Crippen LogP contribution in [0.5, 0.6) is 5.75 Å². The minimum atomic E-state index is -0.0485. The molecule has 3 nitrogen and oxygen atoms in total. The third kappa shape index (κ3) is 4.35. The maximum absolute atomic E-state index is 12.1. The van der Waals surface area contributed by atoms with Crippen LogP contribution in [0.15, 0.2) is 18.2 Å². The van der Waals surface area contributed by atoms with Gasteiger partial charge in [-0.2, -0.15) is 0 Å². The second kappa shape index (κ2) is 6.20. The summed E-state index contributed by atoms with van der Waals surface area (Å²) in [4.78, 5) is 12.1. The van der Waals surface area contributed by atoms with Gasteiger partial charge in [0.2, 0.25) is 0 Å². The van der Waals surface area contributed by atoms with Crippen LogP contribution in [-0.4, -0.2) is 25.5 Å². The Kier molecular flexibility index (Phi) is 5.12. The highest BCUT2D eigenvalue weighted by molar-refractivity contribution is 5.98. The average Bonchev–Trinajstić information content (AvgIpc) is 2.34. The summed E-state index contributed by atoms with van der Waals surface area (Å²) in [7, 11) is 1.66. The molecular weight excluding hydrogens is 238 g/mol. The molecule has 106 valence electrons. The number of carbonyl (C=O) groups excluding carboxylic acids is 1. The zero-order chi connectivity index (χ0) is 14.6. The average molecular weight is 263 g/mol. The predicted octanol–water partition coefficient (Wildman–Crippen LogP) is 3.17. The minimum Gasteiger partial charge on any atom is -0.496 e. The number of ether oxygens (including phenoxy) is 1. The number of nitrogens with one attached hydrogen (secondary N) is 1. The van der Waals surface area contributed by atoms with Gasteiger partial charge >= 0.3 is 0 Å². The van der Waals surface area contributed by atoms with Gasteiger partial charge in [-0.25, -0.2) is 0 Å². The first-order valence-electron chi connectivity index (χ1n) is 6.71. The second-order valence-corrected chi connectivity index (χ2v) is 6.12. The maximum atomic E-state index is 12.1. The number of ketones is 1. The monoisotopic (exact) mass is 263 g/mol. The molecular formula is C16H25NO2. The third-order valence-electron chi connectivity index (χ3n) is 3.00. The SMILES string of the molecule is COc1ccc(C(=O)CNC(C)C)cc1C(C)(C)C. The molecule has 19 heavy (non-hydrogen) atoms. The van der Waals surface area contributed by atoms with E-state index in [4.69, 9.17) is 4.74 Å². The number of rotatable bonds is 5. The molecule has 0 aliphatic carbocycles. The first kappa shape index (κ1) is 15.7. The van der Waals surface area contributed by atoms with Crippen molar-refractivity contribution in [2.24, 2.45) is 0 Å². The summed E-state index contributed by atoms with van der Waals surface area (Å²) in [5, 5.41) is 3.15. The lowest BCUT2D eigenvalue weighted by molar-refractivity contribution is 0.0988. The number of methoxy groups -OCH3 is 1. The molecule has 0 heterocycles. The lowest BCUT2D eigenvalue weighted by Gasteiger charge is -2.22. The molecule has 0 spiro atoms. The fourth-order valence-corrected chi connectivity index (χ4v) is 1.87. The minimum absolute atomic E-state index is 0.0485. The topological polar surface area (TPSA) is 38.3 Å². The summed E-state index contributed by atoms with van der Waals surface area (Å²) in [6.07, 6.45) is 0. The van der Waals surface area contributed by atoms with Crippen molar-refractivity contribution in [3.63, 3.8) is 0 Å². The quantitative estimate of drug-likeness (QED) is 0.829. The largest absolute Gasteiger partial charge is 0.496 e. The molecule has 1 rings (SSSR count). The number of Topliss-reactive ketones (excluding diaryl/α,β-unsaturated/α-hetero) is 1. The van der Waals surface area contributed by atoms with Crippen molar-refractivity contribution in [2.45, 2.75) is 46.1 Å². The van der Waals surface area contributed by atoms with E-state index in [1.165, 1.54) is 0 Å². The van der Waals surface area contributed by atoms with E-state index >= 15 is 0 Å². The molecule has 3 heteroatoms. The van der Waals surface area contributed by atoms with Crippen LogP contribution >= 0.6 is 0 Å². The highest BCUT2D eigenvalue weighted by Gasteiger charge is 2.20. The Hall–Kier alpha value is -1.35. The molecule has 0 atom stereocenters. The summed E-state index contributed by atoms with van der Waals surface area (Å²) in [6, 6.07) is 5.97. The van der Waals surface area contributed by atoms with Crippen LogP contribution in [0.3, 0.4) is 0 Å². The van der Waals surface area contributed by atoms with Crippen molar-refractivity contribution in [1.82, 2.24) is 5.32 Å². The standard InChI is InChI=1S/C16H25NO2/c1-11(2)17-10-14(18)12-7-8-15(19-6)13(9-12)16(3,4)5/h7-9,11,17H,10H2,1-6H3. The van der Waals surface area contributed by atoms with Gasteiger partial charge in [0.25, 0.3) is 0 Å². The Labute approximate surface area is 116 Å². The smallest absolute Gasteiger partial charge is 0.176 e. The molecule has 0 radical (unpaired) electrons. The summed E-state index contributed by atoms with van der Waals surface area (Å²) >= 11 is 0. The fraction of sp³-hybridized carbons (Fsp3) is 0.562. The first-order valence-corrected chi connectivity index (χ1v) is 6.71. The van der Waals surface area contributed by atoms with E-state index in [9.17, 15) is 4.79 Å². The Morgan fingerprint density at radius 1 is 1.32 bits per heavy atom. The van der Waals surface area contributed by atoms with Crippen molar-refractivity contribution in [1.29, 1.82) is 0 Å². The van der Waals surface area contributed by atoms with E-state index < -0.39 is 0 Å². The zero-order valence-corrected chi connectivity index (χ0v) is 12.8.